The average Bonchev–Trinajstić information content (AvgIpc) is 2.86. The summed E-state index contributed by atoms with van der Waals surface area (Å²) in [4.78, 5) is 28.3. The summed E-state index contributed by atoms with van der Waals surface area (Å²) in [6.07, 6.45) is 0. The van der Waals surface area contributed by atoms with Gasteiger partial charge in [0.15, 0.2) is 0 Å². The minimum absolute atomic E-state index is 0.0475. The number of nitrogens with one attached hydrogen (secondary N) is 1. The molecule has 2 amide bonds. The van der Waals surface area contributed by atoms with Crippen LogP contribution in [0.2, 0.25) is 5.02 Å². The van der Waals surface area contributed by atoms with Gasteiger partial charge in [0.25, 0.3) is 10.0 Å². The van der Waals surface area contributed by atoms with Crippen molar-refractivity contribution in [2.24, 2.45) is 0 Å². The van der Waals surface area contributed by atoms with Gasteiger partial charge in [-0.1, -0.05) is 57.9 Å². The second kappa shape index (κ2) is 12.8. The monoisotopic (exact) mass is 619 g/mol. The molecule has 3 rings (SSSR count). The molecule has 7 nitrogen and oxygen atoms in total. The van der Waals surface area contributed by atoms with E-state index >= 15 is 0 Å². The zero-order valence-electron chi connectivity index (χ0n) is 21.7. The lowest BCUT2D eigenvalue weighted by Gasteiger charge is -2.32. The van der Waals surface area contributed by atoms with Crippen LogP contribution >= 0.6 is 27.5 Å². The van der Waals surface area contributed by atoms with Crippen molar-refractivity contribution < 1.29 is 18.0 Å². The highest BCUT2D eigenvalue weighted by Crippen LogP contribution is 2.29. The van der Waals surface area contributed by atoms with Gasteiger partial charge < -0.3 is 10.2 Å². The van der Waals surface area contributed by atoms with Crippen molar-refractivity contribution in [3.63, 3.8) is 0 Å². The van der Waals surface area contributed by atoms with E-state index in [1.54, 1.807) is 50.2 Å². The molecule has 10 heteroatoms. The lowest BCUT2D eigenvalue weighted by molar-refractivity contribution is -0.139. The van der Waals surface area contributed by atoms with E-state index in [9.17, 15) is 18.0 Å². The molecule has 0 aliphatic heterocycles. The molecular formula is C28H31BrClN3O4S. The summed E-state index contributed by atoms with van der Waals surface area (Å²) in [6.45, 7) is 6.65. The number of anilines is 1. The highest BCUT2D eigenvalue weighted by Gasteiger charge is 2.33. The fourth-order valence-electron chi connectivity index (χ4n) is 3.95. The lowest BCUT2D eigenvalue weighted by atomic mass is 10.1. The molecule has 0 heterocycles. The third kappa shape index (κ3) is 7.36. The maximum atomic E-state index is 13.9. The molecule has 0 aromatic heterocycles. The summed E-state index contributed by atoms with van der Waals surface area (Å²) in [5, 5.41) is 3.29. The molecule has 3 aromatic carbocycles. The van der Waals surface area contributed by atoms with E-state index in [2.05, 4.69) is 21.2 Å². The summed E-state index contributed by atoms with van der Waals surface area (Å²) in [5.41, 5.74) is 1.71. The van der Waals surface area contributed by atoms with Crippen LogP contribution in [0.15, 0.2) is 82.2 Å². The fourth-order valence-corrected chi connectivity index (χ4v) is 6.12. The number of benzene rings is 3. The smallest absolute Gasteiger partial charge is 0.264 e. The quantitative estimate of drug-likeness (QED) is 0.322. The summed E-state index contributed by atoms with van der Waals surface area (Å²) >= 11 is 9.58. The Morgan fingerprint density at radius 3 is 2.26 bits per heavy atom. The topological polar surface area (TPSA) is 86.8 Å². The number of halogens is 2. The minimum Gasteiger partial charge on any atom is -0.352 e. The maximum Gasteiger partial charge on any atom is 0.264 e. The van der Waals surface area contributed by atoms with Crippen molar-refractivity contribution in [1.82, 2.24) is 10.2 Å². The van der Waals surface area contributed by atoms with Gasteiger partial charge in [-0.25, -0.2) is 8.42 Å². The van der Waals surface area contributed by atoms with Gasteiger partial charge in [0.2, 0.25) is 11.8 Å². The van der Waals surface area contributed by atoms with Gasteiger partial charge in [-0.2, -0.15) is 0 Å². The number of hydrogen-bond acceptors (Lipinski definition) is 4. The molecule has 1 atom stereocenters. The Labute approximate surface area is 238 Å². The summed E-state index contributed by atoms with van der Waals surface area (Å²) < 4.78 is 29.5. The van der Waals surface area contributed by atoms with Crippen LogP contribution in [-0.4, -0.2) is 43.8 Å². The summed E-state index contributed by atoms with van der Waals surface area (Å²) in [5.74, 6) is -0.853. The molecule has 0 aliphatic rings. The number of carbonyl (C=O) groups excluding carboxylic acids is 2. The first-order valence-corrected chi connectivity index (χ1v) is 14.7. The normalized spacial score (nSPS) is 12.2. The van der Waals surface area contributed by atoms with Crippen LogP contribution < -0.4 is 9.62 Å². The number of aryl methyl sites for hydroxylation is 1. The number of hydrogen-bond donors (Lipinski definition) is 1. The van der Waals surface area contributed by atoms with Gasteiger partial charge in [-0.05, 0) is 81.3 Å². The molecule has 1 unspecified atom stereocenters. The Balaban J connectivity index is 2.06. The van der Waals surface area contributed by atoms with Crippen molar-refractivity contribution in [3.05, 3.63) is 93.4 Å². The molecule has 38 heavy (non-hydrogen) atoms. The Hall–Kier alpha value is -2.88. The van der Waals surface area contributed by atoms with Crippen molar-refractivity contribution in [1.29, 1.82) is 0 Å². The highest BCUT2D eigenvalue weighted by molar-refractivity contribution is 9.10. The molecule has 0 radical (unpaired) electrons. The second-order valence-electron chi connectivity index (χ2n) is 9.25. The average molecular weight is 621 g/mol. The SMILES string of the molecule is Cc1cc(Cl)ccc1N(CC(=O)N(Cc1cccc(Br)c1)C(C)C(=O)NC(C)C)S(=O)(=O)c1ccccc1. The van der Waals surface area contributed by atoms with Gasteiger partial charge in [0.1, 0.15) is 12.6 Å². The highest BCUT2D eigenvalue weighted by atomic mass is 79.9. The van der Waals surface area contributed by atoms with E-state index in [0.717, 1.165) is 14.3 Å². The largest absolute Gasteiger partial charge is 0.352 e. The van der Waals surface area contributed by atoms with Gasteiger partial charge >= 0.3 is 0 Å². The number of sulfonamides is 1. The van der Waals surface area contributed by atoms with Crippen LogP contribution in [-0.2, 0) is 26.2 Å². The Bertz CT molecular complexity index is 1400. The second-order valence-corrected chi connectivity index (χ2v) is 12.5. The van der Waals surface area contributed by atoms with Crippen molar-refractivity contribution in [3.8, 4) is 0 Å². The lowest BCUT2D eigenvalue weighted by Crippen LogP contribution is -2.52. The van der Waals surface area contributed by atoms with Crippen molar-refractivity contribution in [2.75, 3.05) is 10.8 Å². The van der Waals surface area contributed by atoms with E-state index in [1.807, 2.05) is 38.1 Å². The van der Waals surface area contributed by atoms with E-state index < -0.39 is 28.5 Å². The predicted octanol–water partition coefficient (Wildman–Crippen LogP) is 5.55. The van der Waals surface area contributed by atoms with Crippen LogP contribution in [0.1, 0.15) is 31.9 Å². The van der Waals surface area contributed by atoms with E-state index in [4.69, 9.17) is 11.6 Å². The van der Waals surface area contributed by atoms with Gasteiger partial charge in [0.05, 0.1) is 10.6 Å². The first kappa shape index (κ1) is 29.7. The zero-order chi connectivity index (χ0) is 28.0. The third-order valence-corrected chi connectivity index (χ3v) is 8.38. The Morgan fingerprint density at radius 1 is 0.974 bits per heavy atom. The number of carbonyl (C=O) groups is 2. The summed E-state index contributed by atoms with van der Waals surface area (Å²) in [7, 11) is -4.13. The Kier molecular flexibility index (Phi) is 9.98. The predicted molar refractivity (Wildman–Crippen MR) is 155 cm³/mol. The van der Waals surface area contributed by atoms with Gasteiger partial charge in [-0.3, -0.25) is 13.9 Å². The zero-order valence-corrected chi connectivity index (χ0v) is 24.8. The van der Waals surface area contributed by atoms with Crippen molar-refractivity contribution in [2.45, 2.75) is 51.2 Å². The van der Waals surface area contributed by atoms with Gasteiger partial charge in [0, 0.05) is 22.1 Å². The van der Waals surface area contributed by atoms with E-state index in [1.165, 1.54) is 17.0 Å². The first-order chi connectivity index (χ1) is 17.9. The fraction of sp³-hybridized carbons (Fsp3) is 0.286. The van der Waals surface area contributed by atoms with Gasteiger partial charge in [-0.15, -0.1) is 0 Å². The molecule has 0 bridgehead atoms. The summed E-state index contributed by atoms with van der Waals surface area (Å²) in [6, 6.07) is 19.2. The minimum atomic E-state index is -4.13. The Morgan fingerprint density at radius 2 is 1.66 bits per heavy atom. The molecule has 202 valence electrons. The third-order valence-electron chi connectivity index (χ3n) is 5.88. The van der Waals surface area contributed by atoms with Crippen LogP contribution in [0.5, 0.6) is 0 Å². The molecule has 1 N–H and O–H groups in total. The maximum absolute atomic E-state index is 13.9. The van der Waals surface area contributed by atoms with Crippen molar-refractivity contribution >= 4 is 55.1 Å². The van der Waals surface area contributed by atoms with E-state index in [-0.39, 0.29) is 23.4 Å². The number of amides is 2. The van der Waals surface area contributed by atoms with E-state index in [0.29, 0.717) is 16.3 Å². The van der Waals surface area contributed by atoms with Crippen LogP contribution in [0.25, 0.3) is 0 Å². The molecule has 0 saturated heterocycles. The van der Waals surface area contributed by atoms with Crippen LogP contribution in [0.3, 0.4) is 0 Å². The molecule has 3 aromatic rings. The molecule has 0 saturated carbocycles. The van der Waals surface area contributed by atoms with Crippen LogP contribution in [0, 0.1) is 6.92 Å². The first-order valence-electron chi connectivity index (χ1n) is 12.1. The number of rotatable bonds is 10. The standard InChI is InChI=1S/C28H31BrClN3O4S/c1-19(2)31-28(35)21(4)32(17-22-9-8-10-23(29)16-22)27(34)18-33(26-14-13-24(30)15-20(26)3)38(36,37)25-11-6-5-7-12-25/h5-16,19,21H,17-18H2,1-4H3,(H,31,35). The molecule has 0 spiro atoms. The molecule has 0 fully saturated rings. The molecule has 0 aliphatic carbocycles. The molecular weight excluding hydrogens is 590 g/mol. The number of nitrogens with zero attached hydrogens (tertiary/aromatic N) is 2. The van der Waals surface area contributed by atoms with Crippen LogP contribution in [0.4, 0.5) is 5.69 Å².